The van der Waals surface area contributed by atoms with E-state index in [0.717, 1.165) is 6.08 Å². The summed E-state index contributed by atoms with van der Waals surface area (Å²) in [5.41, 5.74) is 0. The second kappa shape index (κ2) is 4.42. The molecule has 1 unspecified atom stereocenters. The first-order valence-electron chi connectivity index (χ1n) is 3.71. The van der Waals surface area contributed by atoms with Gasteiger partial charge in [-0.05, 0) is 24.3 Å². The summed E-state index contributed by atoms with van der Waals surface area (Å²) in [6, 6.07) is 9.23. The Balaban J connectivity index is 2.60. The number of benzene rings is 1. The van der Waals surface area contributed by atoms with Gasteiger partial charge >= 0.3 is 0 Å². The second-order valence-electron chi connectivity index (χ2n) is 2.31. The van der Waals surface area contributed by atoms with Crippen molar-refractivity contribution in [1.82, 2.24) is 0 Å². The topological polar surface area (TPSA) is 46.5 Å². The molecule has 1 rings (SSSR count). The predicted octanol–water partition coefficient (Wildman–Crippen LogP) is 0.939. The fourth-order valence-electron chi connectivity index (χ4n) is 0.738. The van der Waals surface area contributed by atoms with Gasteiger partial charge in [-0.15, -0.1) is 0 Å². The molecule has 0 aromatic heterocycles. The van der Waals surface area contributed by atoms with Crippen LogP contribution in [0.5, 0.6) is 5.75 Å². The summed E-state index contributed by atoms with van der Waals surface area (Å²) < 4.78 is 4.88. The average Bonchev–Trinajstić information content (AvgIpc) is 2.18. The largest absolute Gasteiger partial charge is 0.457 e. The number of aliphatic hydroxyl groups excluding tert-OH is 1. The van der Waals surface area contributed by atoms with E-state index in [1.807, 2.05) is 0 Å². The molecule has 0 bridgehead atoms. The van der Waals surface area contributed by atoms with Crippen LogP contribution in [0.4, 0.5) is 0 Å². The molecule has 1 N–H and O–H groups in total. The lowest BCUT2D eigenvalue weighted by atomic mass is 10.3. The third-order valence-corrected chi connectivity index (χ3v) is 1.38. The van der Waals surface area contributed by atoms with E-state index in [1.54, 1.807) is 24.3 Å². The molecule has 1 atom stereocenters. The Labute approximate surface area is 76.3 Å². The molecule has 0 heterocycles. The molecule has 3 heteroatoms. The molecule has 0 aliphatic heterocycles. The summed E-state index contributed by atoms with van der Waals surface area (Å²) in [6.45, 7) is 3.23. The monoisotopic (exact) mass is 177 g/mol. The Morgan fingerprint density at radius 1 is 1.62 bits per heavy atom. The first-order valence-corrected chi connectivity index (χ1v) is 3.71. The summed E-state index contributed by atoms with van der Waals surface area (Å²) in [5.74, 6) is -0.144. The highest BCUT2D eigenvalue weighted by Crippen LogP contribution is 2.09. The molecule has 1 aromatic rings. The third-order valence-electron chi connectivity index (χ3n) is 1.38. The predicted molar refractivity (Wildman–Crippen MR) is 47.1 cm³/mol. The molecule has 0 saturated heterocycles. The Morgan fingerprint density at radius 3 is 2.77 bits per heavy atom. The van der Waals surface area contributed by atoms with Gasteiger partial charge in [0.15, 0.2) is 0 Å². The van der Waals surface area contributed by atoms with Crippen molar-refractivity contribution in [2.75, 3.05) is 0 Å². The molecule has 1 aromatic carbocycles. The van der Waals surface area contributed by atoms with Crippen molar-refractivity contribution < 1.29 is 14.6 Å². The number of aliphatic hydroxyl groups is 1. The Bertz CT molecular complexity index is 292. The highest BCUT2D eigenvalue weighted by atomic mass is 16.6. The molecule has 0 aliphatic rings. The Kier molecular flexibility index (Phi) is 3.23. The van der Waals surface area contributed by atoms with Crippen LogP contribution in [0.15, 0.2) is 36.9 Å². The summed E-state index contributed by atoms with van der Waals surface area (Å²) in [4.78, 5) is 10.8. The van der Waals surface area contributed by atoms with Crippen LogP contribution in [0.2, 0.25) is 0 Å². The molecule has 67 valence electrons. The molecule has 13 heavy (non-hydrogen) atoms. The van der Waals surface area contributed by atoms with E-state index >= 15 is 0 Å². The maximum absolute atomic E-state index is 10.8. The van der Waals surface area contributed by atoms with Gasteiger partial charge in [-0.1, -0.05) is 18.7 Å². The molecule has 0 amide bonds. The van der Waals surface area contributed by atoms with E-state index in [-0.39, 0.29) is 0 Å². The summed E-state index contributed by atoms with van der Waals surface area (Å²) in [6.07, 6.45) is -0.459. The van der Waals surface area contributed by atoms with Gasteiger partial charge in [-0.25, -0.2) is 0 Å². The van der Waals surface area contributed by atoms with E-state index in [2.05, 4.69) is 12.6 Å². The molecular formula is C10H9O3. The van der Waals surface area contributed by atoms with E-state index in [9.17, 15) is 4.79 Å². The number of carbonyl (C=O) groups excluding carboxylic acids is 1. The van der Waals surface area contributed by atoms with Gasteiger partial charge < -0.3 is 9.84 Å². The van der Waals surface area contributed by atoms with Crippen molar-refractivity contribution in [3.8, 4) is 5.75 Å². The SMILES string of the molecule is C=CC(=O)C(O)Oc1cc[c]cc1. The van der Waals surface area contributed by atoms with Gasteiger partial charge in [0.1, 0.15) is 5.75 Å². The van der Waals surface area contributed by atoms with Gasteiger partial charge in [-0.2, -0.15) is 0 Å². The van der Waals surface area contributed by atoms with Gasteiger partial charge in [0, 0.05) is 0 Å². The standard InChI is InChI=1S/C10H9O3/c1-2-9(11)10(12)13-8-6-4-3-5-7-8/h2,4-7,10,12H,1H2. The molecule has 0 fully saturated rings. The van der Waals surface area contributed by atoms with Crippen LogP contribution in [0.25, 0.3) is 0 Å². The molecule has 1 radical (unpaired) electrons. The summed E-state index contributed by atoms with van der Waals surface area (Å²) >= 11 is 0. The van der Waals surface area contributed by atoms with Crippen molar-refractivity contribution in [3.05, 3.63) is 43.0 Å². The highest BCUT2D eigenvalue weighted by molar-refractivity contribution is 5.91. The van der Waals surface area contributed by atoms with Gasteiger partial charge in [0.25, 0.3) is 6.29 Å². The van der Waals surface area contributed by atoms with Crippen LogP contribution in [0.1, 0.15) is 0 Å². The molecule has 3 nitrogen and oxygen atoms in total. The number of hydrogen-bond donors (Lipinski definition) is 1. The Morgan fingerprint density at radius 2 is 2.23 bits per heavy atom. The zero-order valence-corrected chi connectivity index (χ0v) is 6.93. The lowest BCUT2D eigenvalue weighted by Crippen LogP contribution is -2.24. The van der Waals surface area contributed by atoms with Crippen molar-refractivity contribution >= 4 is 5.78 Å². The smallest absolute Gasteiger partial charge is 0.261 e. The van der Waals surface area contributed by atoms with Crippen LogP contribution >= 0.6 is 0 Å². The maximum Gasteiger partial charge on any atom is 0.261 e. The minimum Gasteiger partial charge on any atom is -0.457 e. The number of carbonyl (C=O) groups is 1. The molecule has 0 aliphatic carbocycles. The first kappa shape index (κ1) is 9.48. The zero-order valence-electron chi connectivity index (χ0n) is 6.93. The number of ether oxygens (including phenoxy) is 1. The van der Waals surface area contributed by atoms with Crippen molar-refractivity contribution in [2.24, 2.45) is 0 Å². The fourth-order valence-corrected chi connectivity index (χ4v) is 0.738. The zero-order chi connectivity index (χ0) is 9.68. The van der Waals surface area contributed by atoms with Crippen LogP contribution in [0, 0.1) is 6.07 Å². The lowest BCUT2D eigenvalue weighted by Gasteiger charge is -2.09. The van der Waals surface area contributed by atoms with Crippen molar-refractivity contribution in [3.63, 3.8) is 0 Å². The number of ketones is 1. The lowest BCUT2D eigenvalue weighted by molar-refractivity contribution is -0.135. The molecular weight excluding hydrogens is 168 g/mol. The van der Waals surface area contributed by atoms with Crippen LogP contribution in [-0.2, 0) is 4.79 Å². The molecule has 0 saturated carbocycles. The van der Waals surface area contributed by atoms with E-state index in [0.29, 0.717) is 5.75 Å². The first-order chi connectivity index (χ1) is 6.24. The minimum absolute atomic E-state index is 0.418. The molecule has 0 spiro atoms. The number of rotatable bonds is 4. The van der Waals surface area contributed by atoms with Crippen molar-refractivity contribution in [1.29, 1.82) is 0 Å². The van der Waals surface area contributed by atoms with Gasteiger partial charge in [0.2, 0.25) is 5.78 Å². The van der Waals surface area contributed by atoms with E-state index in [4.69, 9.17) is 9.84 Å². The average molecular weight is 177 g/mol. The van der Waals surface area contributed by atoms with E-state index < -0.39 is 12.1 Å². The van der Waals surface area contributed by atoms with Gasteiger partial charge in [0.05, 0.1) is 0 Å². The maximum atomic E-state index is 10.8. The highest BCUT2D eigenvalue weighted by Gasteiger charge is 2.12. The quantitative estimate of drug-likeness (QED) is 0.550. The van der Waals surface area contributed by atoms with Crippen LogP contribution < -0.4 is 4.74 Å². The summed E-state index contributed by atoms with van der Waals surface area (Å²) in [7, 11) is 0. The van der Waals surface area contributed by atoms with Crippen molar-refractivity contribution in [2.45, 2.75) is 6.29 Å². The normalized spacial score (nSPS) is 11.8. The Hall–Kier alpha value is -1.61. The van der Waals surface area contributed by atoms with E-state index in [1.165, 1.54) is 0 Å². The van der Waals surface area contributed by atoms with Crippen LogP contribution in [0.3, 0.4) is 0 Å². The summed E-state index contributed by atoms with van der Waals surface area (Å²) in [5, 5.41) is 9.12. The second-order valence-corrected chi connectivity index (χ2v) is 2.31. The fraction of sp³-hybridized carbons (Fsp3) is 0.100. The minimum atomic E-state index is -1.47. The third kappa shape index (κ3) is 2.72. The van der Waals surface area contributed by atoms with Gasteiger partial charge in [-0.3, -0.25) is 4.79 Å². The van der Waals surface area contributed by atoms with Crippen LogP contribution in [-0.4, -0.2) is 17.2 Å². The number of hydrogen-bond acceptors (Lipinski definition) is 3.